The zero-order valence-corrected chi connectivity index (χ0v) is 6.24. The van der Waals surface area contributed by atoms with Crippen LogP contribution in [0.4, 0.5) is 0 Å². The molecular formula is C6H8N2O3. The van der Waals surface area contributed by atoms with Crippen LogP contribution in [0.3, 0.4) is 0 Å². The Morgan fingerprint density at radius 3 is 2.73 bits per heavy atom. The Kier molecular flexibility index (Phi) is 1.80. The number of carbonyl (C=O) groups excluding carboxylic acids is 1. The summed E-state index contributed by atoms with van der Waals surface area (Å²) in [6, 6.07) is 1.17. The third kappa shape index (κ3) is 1.49. The summed E-state index contributed by atoms with van der Waals surface area (Å²) in [5.41, 5.74) is 0. The number of carbonyl (C=O) groups is 1. The molecule has 0 bridgehead atoms. The van der Waals surface area contributed by atoms with Gasteiger partial charge in [0.1, 0.15) is 0 Å². The fraction of sp³-hybridized carbons (Fsp3) is 0.333. The summed E-state index contributed by atoms with van der Waals surface area (Å²) in [6.07, 6.45) is 0. The number of nitrogens with zero attached hydrogens (tertiary/aromatic N) is 2. The lowest BCUT2D eigenvalue weighted by Crippen LogP contribution is -2.20. The molecule has 1 heterocycles. The van der Waals surface area contributed by atoms with Crippen LogP contribution in [0.15, 0.2) is 10.6 Å². The van der Waals surface area contributed by atoms with Crippen LogP contribution in [0.2, 0.25) is 0 Å². The summed E-state index contributed by atoms with van der Waals surface area (Å²) in [5.74, 6) is -0.569. The first-order valence-corrected chi connectivity index (χ1v) is 2.98. The van der Waals surface area contributed by atoms with Crippen molar-refractivity contribution in [2.45, 2.75) is 0 Å². The van der Waals surface area contributed by atoms with Gasteiger partial charge in [-0.05, 0) is 5.16 Å². The molecule has 1 amide bonds. The van der Waals surface area contributed by atoms with E-state index in [0.717, 1.165) is 0 Å². The highest BCUT2D eigenvalue weighted by Crippen LogP contribution is 2.09. The van der Waals surface area contributed by atoms with Crippen molar-refractivity contribution in [3.8, 4) is 5.88 Å². The zero-order chi connectivity index (χ0) is 8.43. The van der Waals surface area contributed by atoms with Crippen LogP contribution in [-0.4, -0.2) is 35.2 Å². The number of hydrogen-bond acceptors (Lipinski definition) is 4. The molecule has 1 rings (SSSR count). The molecule has 0 aliphatic rings. The van der Waals surface area contributed by atoms with Crippen molar-refractivity contribution in [2.24, 2.45) is 0 Å². The van der Waals surface area contributed by atoms with E-state index in [1.54, 1.807) is 14.1 Å². The summed E-state index contributed by atoms with van der Waals surface area (Å²) >= 11 is 0. The van der Waals surface area contributed by atoms with Crippen molar-refractivity contribution in [1.82, 2.24) is 10.1 Å². The average Bonchev–Trinajstić information content (AvgIpc) is 2.34. The van der Waals surface area contributed by atoms with Crippen molar-refractivity contribution in [2.75, 3.05) is 14.1 Å². The monoisotopic (exact) mass is 156 g/mol. The number of aromatic hydroxyl groups is 1. The summed E-state index contributed by atoms with van der Waals surface area (Å²) in [4.78, 5) is 12.4. The lowest BCUT2D eigenvalue weighted by molar-refractivity contribution is 0.0786. The molecule has 0 aliphatic heterocycles. The topological polar surface area (TPSA) is 66.6 Å². The molecule has 1 N–H and O–H groups in total. The molecule has 5 heteroatoms. The number of rotatable bonds is 1. The molecule has 0 fully saturated rings. The SMILES string of the molecule is CN(C)C(=O)c1cc(O)no1. The summed E-state index contributed by atoms with van der Waals surface area (Å²) in [7, 11) is 3.17. The van der Waals surface area contributed by atoms with E-state index < -0.39 is 0 Å². The van der Waals surface area contributed by atoms with Gasteiger partial charge in [0.25, 0.3) is 11.8 Å². The van der Waals surface area contributed by atoms with Crippen LogP contribution in [0, 0.1) is 0 Å². The molecule has 0 saturated carbocycles. The second kappa shape index (κ2) is 2.61. The van der Waals surface area contributed by atoms with Gasteiger partial charge in [0, 0.05) is 14.1 Å². The van der Waals surface area contributed by atoms with E-state index in [9.17, 15) is 4.79 Å². The summed E-state index contributed by atoms with van der Waals surface area (Å²) < 4.78 is 4.50. The molecule has 0 saturated heterocycles. The van der Waals surface area contributed by atoms with Crippen LogP contribution < -0.4 is 0 Å². The molecule has 1 aromatic heterocycles. The van der Waals surface area contributed by atoms with Crippen LogP contribution in [-0.2, 0) is 0 Å². The molecule has 1 aromatic rings. The lowest BCUT2D eigenvalue weighted by Gasteiger charge is -2.04. The Morgan fingerprint density at radius 2 is 2.36 bits per heavy atom. The van der Waals surface area contributed by atoms with Crippen LogP contribution in [0.25, 0.3) is 0 Å². The number of aromatic nitrogens is 1. The minimum absolute atomic E-state index is 0.0347. The van der Waals surface area contributed by atoms with E-state index in [1.165, 1.54) is 11.0 Å². The lowest BCUT2D eigenvalue weighted by atomic mass is 10.4. The van der Waals surface area contributed by atoms with Crippen LogP contribution >= 0.6 is 0 Å². The maximum atomic E-state index is 11.0. The minimum atomic E-state index is -0.321. The smallest absolute Gasteiger partial charge is 0.292 e. The van der Waals surface area contributed by atoms with Gasteiger partial charge in [-0.1, -0.05) is 0 Å². The Morgan fingerprint density at radius 1 is 1.73 bits per heavy atom. The van der Waals surface area contributed by atoms with Crippen molar-refractivity contribution in [3.05, 3.63) is 11.8 Å². The van der Waals surface area contributed by atoms with Gasteiger partial charge < -0.3 is 14.5 Å². The third-order valence-corrected chi connectivity index (χ3v) is 1.11. The van der Waals surface area contributed by atoms with E-state index in [1.807, 2.05) is 0 Å². The maximum absolute atomic E-state index is 11.0. The van der Waals surface area contributed by atoms with E-state index in [-0.39, 0.29) is 17.5 Å². The molecule has 0 aliphatic carbocycles. The first-order valence-electron chi connectivity index (χ1n) is 2.98. The Hall–Kier alpha value is -1.52. The van der Waals surface area contributed by atoms with Gasteiger partial charge in [-0.3, -0.25) is 4.79 Å². The molecule has 0 radical (unpaired) electrons. The molecule has 5 nitrogen and oxygen atoms in total. The van der Waals surface area contributed by atoms with Gasteiger partial charge in [-0.15, -0.1) is 0 Å². The highest BCUT2D eigenvalue weighted by molar-refractivity contribution is 5.91. The van der Waals surface area contributed by atoms with E-state index in [0.29, 0.717) is 0 Å². The first-order chi connectivity index (χ1) is 5.11. The third-order valence-electron chi connectivity index (χ3n) is 1.11. The second-order valence-corrected chi connectivity index (χ2v) is 2.25. The highest BCUT2D eigenvalue weighted by atomic mass is 16.5. The van der Waals surface area contributed by atoms with E-state index in [4.69, 9.17) is 5.11 Å². The first kappa shape index (κ1) is 7.59. The van der Waals surface area contributed by atoms with E-state index in [2.05, 4.69) is 9.68 Å². The van der Waals surface area contributed by atoms with Crippen molar-refractivity contribution in [1.29, 1.82) is 0 Å². The average molecular weight is 156 g/mol. The molecule has 60 valence electrons. The van der Waals surface area contributed by atoms with Crippen molar-refractivity contribution < 1.29 is 14.4 Å². The highest BCUT2D eigenvalue weighted by Gasteiger charge is 2.13. The van der Waals surface area contributed by atoms with Crippen molar-refractivity contribution >= 4 is 5.91 Å². The molecule has 0 aromatic carbocycles. The van der Waals surface area contributed by atoms with Gasteiger partial charge in [-0.2, -0.15) is 0 Å². The quantitative estimate of drug-likeness (QED) is 0.625. The number of amides is 1. The number of hydrogen-bond donors (Lipinski definition) is 1. The predicted molar refractivity (Wildman–Crippen MR) is 36.2 cm³/mol. The summed E-state index contributed by atoms with van der Waals surface area (Å²) in [5, 5.41) is 11.9. The predicted octanol–water partition coefficient (Wildman–Crippen LogP) is 0.0820. The molecular weight excluding hydrogens is 148 g/mol. The standard InChI is InChI=1S/C6H8N2O3/c1-8(2)6(10)4-3-5(9)7-11-4/h3H,1-2H3,(H,7,9). The van der Waals surface area contributed by atoms with Gasteiger partial charge in [0.05, 0.1) is 6.07 Å². The maximum Gasteiger partial charge on any atom is 0.292 e. The zero-order valence-electron chi connectivity index (χ0n) is 6.24. The fourth-order valence-corrected chi connectivity index (χ4v) is 0.587. The van der Waals surface area contributed by atoms with Gasteiger partial charge in [0.2, 0.25) is 5.76 Å². The second-order valence-electron chi connectivity index (χ2n) is 2.25. The van der Waals surface area contributed by atoms with E-state index >= 15 is 0 Å². The van der Waals surface area contributed by atoms with Gasteiger partial charge in [0.15, 0.2) is 0 Å². The Balaban J connectivity index is 2.85. The fourth-order valence-electron chi connectivity index (χ4n) is 0.587. The summed E-state index contributed by atoms with van der Waals surface area (Å²) in [6.45, 7) is 0. The largest absolute Gasteiger partial charge is 0.491 e. The van der Waals surface area contributed by atoms with Gasteiger partial charge in [-0.25, -0.2) is 0 Å². The van der Waals surface area contributed by atoms with Crippen LogP contribution in [0.1, 0.15) is 10.6 Å². The molecule has 0 unspecified atom stereocenters. The molecule has 0 atom stereocenters. The minimum Gasteiger partial charge on any atom is -0.491 e. The molecule has 11 heavy (non-hydrogen) atoms. The Labute approximate surface area is 63.2 Å². The molecule has 0 spiro atoms. The van der Waals surface area contributed by atoms with Crippen LogP contribution in [0.5, 0.6) is 5.88 Å². The van der Waals surface area contributed by atoms with Gasteiger partial charge >= 0.3 is 0 Å². The van der Waals surface area contributed by atoms with Crippen molar-refractivity contribution in [3.63, 3.8) is 0 Å². The normalized spacial score (nSPS) is 9.64. The Bertz CT molecular complexity index is 267.